The van der Waals surface area contributed by atoms with Crippen molar-refractivity contribution in [2.45, 2.75) is 25.7 Å². The van der Waals surface area contributed by atoms with Crippen LogP contribution in [0.1, 0.15) is 24.8 Å². The maximum absolute atomic E-state index is 12.8. The van der Waals surface area contributed by atoms with Crippen LogP contribution in [0.3, 0.4) is 0 Å². The van der Waals surface area contributed by atoms with Crippen molar-refractivity contribution in [3.05, 3.63) is 42.1 Å². The normalized spacial score (nSPS) is 21.9. The Bertz CT molecular complexity index is 773. The number of ether oxygens (including phenoxy) is 2. The molecular weight excluding hydrogens is 340 g/mol. The van der Waals surface area contributed by atoms with Gasteiger partial charge < -0.3 is 14.4 Å². The molecule has 2 aliphatic heterocycles. The van der Waals surface area contributed by atoms with Crippen molar-refractivity contribution in [3.8, 4) is 0 Å². The van der Waals surface area contributed by atoms with Crippen LogP contribution in [0.25, 0.3) is 10.9 Å². The fourth-order valence-corrected chi connectivity index (χ4v) is 4.14. The van der Waals surface area contributed by atoms with Crippen molar-refractivity contribution in [2.75, 3.05) is 39.5 Å². The lowest BCUT2D eigenvalue weighted by Gasteiger charge is -2.27. The minimum atomic E-state index is 0.278. The van der Waals surface area contributed by atoms with Crippen molar-refractivity contribution in [3.63, 3.8) is 0 Å². The Kier molecular flexibility index (Phi) is 6.00. The fourth-order valence-electron chi connectivity index (χ4n) is 4.14. The summed E-state index contributed by atoms with van der Waals surface area (Å²) >= 11 is 0. The zero-order chi connectivity index (χ0) is 18.5. The van der Waals surface area contributed by atoms with E-state index < -0.39 is 0 Å². The molecule has 2 aliphatic rings. The molecule has 1 unspecified atom stereocenters. The highest BCUT2D eigenvalue weighted by Crippen LogP contribution is 2.22. The van der Waals surface area contributed by atoms with Crippen LogP contribution in [-0.2, 0) is 20.7 Å². The van der Waals surface area contributed by atoms with Crippen LogP contribution < -0.4 is 0 Å². The van der Waals surface area contributed by atoms with E-state index in [-0.39, 0.29) is 5.91 Å². The van der Waals surface area contributed by atoms with Crippen molar-refractivity contribution in [1.82, 2.24) is 9.88 Å². The van der Waals surface area contributed by atoms with Gasteiger partial charge in [-0.15, -0.1) is 0 Å². The van der Waals surface area contributed by atoms with Gasteiger partial charge in [-0.2, -0.15) is 0 Å². The second-order valence-corrected chi connectivity index (χ2v) is 7.78. The van der Waals surface area contributed by atoms with Gasteiger partial charge in [0.15, 0.2) is 0 Å². The van der Waals surface area contributed by atoms with Crippen molar-refractivity contribution < 1.29 is 14.3 Å². The molecule has 0 radical (unpaired) electrons. The molecule has 5 heteroatoms. The van der Waals surface area contributed by atoms with E-state index in [2.05, 4.69) is 29.2 Å². The van der Waals surface area contributed by atoms with Gasteiger partial charge in [-0.1, -0.05) is 12.1 Å². The van der Waals surface area contributed by atoms with E-state index in [1.165, 1.54) is 5.56 Å². The van der Waals surface area contributed by atoms with E-state index in [4.69, 9.17) is 9.47 Å². The molecule has 3 heterocycles. The number of hydrogen-bond acceptors (Lipinski definition) is 4. The number of amides is 1. The van der Waals surface area contributed by atoms with Crippen LogP contribution >= 0.6 is 0 Å². The van der Waals surface area contributed by atoms with E-state index in [0.717, 1.165) is 49.9 Å². The van der Waals surface area contributed by atoms with Gasteiger partial charge in [-0.05, 0) is 48.9 Å². The van der Waals surface area contributed by atoms with Gasteiger partial charge in [0.25, 0.3) is 0 Å². The van der Waals surface area contributed by atoms with Gasteiger partial charge in [0.2, 0.25) is 5.91 Å². The number of aromatic nitrogens is 1. The van der Waals surface area contributed by atoms with E-state index in [1.807, 2.05) is 17.2 Å². The first kappa shape index (κ1) is 18.4. The molecule has 2 aromatic rings. The third kappa shape index (κ3) is 4.85. The highest BCUT2D eigenvalue weighted by molar-refractivity contribution is 5.79. The number of nitrogens with zero attached hydrogens (tertiary/aromatic N) is 2. The standard InChI is InChI=1S/C22H28N2O3/c25-22(14-17-5-9-26-10-6-17)24-8-11-27-16-19(15-24)12-18-3-4-21-20(13-18)2-1-7-23-21/h1-4,7,13,17,19H,5-6,8-12,14-16H2. The SMILES string of the molecule is O=C(CC1CCOCC1)N1CCOCC(Cc2ccc3ncccc3c2)C1. The average molecular weight is 368 g/mol. The van der Waals surface area contributed by atoms with Gasteiger partial charge in [0.1, 0.15) is 0 Å². The number of pyridine rings is 1. The van der Waals surface area contributed by atoms with Crippen molar-refractivity contribution in [1.29, 1.82) is 0 Å². The second kappa shape index (κ2) is 8.81. The van der Waals surface area contributed by atoms with E-state index >= 15 is 0 Å². The minimum Gasteiger partial charge on any atom is -0.381 e. The molecule has 1 aromatic carbocycles. The molecule has 1 atom stereocenters. The predicted molar refractivity (Wildman–Crippen MR) is 104 cm³/mol. The number of fused-ring (bicyclic) bond motifs is 1. The summed E-state index contributed by atoms with van der Waals surface area (Å²) in [5, 5.41) is 1.16. The summed E-state index contributed by atoms with van der Waals surface area (Å²) in [6.07, 6.45) is 5.40. The van der Waals surface area contributed by atoms with Crippen LogP contribution in [0.5, 0.6) is 0 Å². The minimum absolute atomic E-state index is 0.278. The number of carbonyl (C=O) groups excluding carboxylic acids is 1. The topological polar surface area (TPSA) is 51.7 Å². The molecule has 0 spiro atoms. The summed E-state index contributed by atoms with van der Waals surface area (Å²) in [7, 11) is 0. The van der Waals surface area contributed by atoms with Gasteiger partial charge in [-0.25, -0.2) is 0 Å². The van der Waals surface area contributed by atoms with E-state index in [1.54, 1.807) is 0 Å². The lowest BCUT2D eigenvalue weighted by Crippen LogP contribution is -2.37. The van der Waals surface area contributed by atoms with Crippen LogP contribution in [0.15, 0.2) is 36.5 Å². The Labute approximate surface area is 160 Å². The Morgan fingerprint density at radius 2 is 2.00 bits per heavy atom. The summed E-state index contributed by atoms with van der Waals surface area (Å²) in [5.41, 5.74) is 2.30. The lowest BCUT2D eigenvalue weighted by atomic mass is 9.95. The zero-order valence-corrected chi connectivity index (χ0v) is 15.8. The molecule has 2 saturated heterocycles. The molecule has 144 valence electrons. The maximum atomic E-state index is 12.8. The van der Waals surface area contributed by atoms with Crippen LogP contribution in [0.4, 0.5) is 0 Å². The third-order valence-corrected chi connectivity index (χ3v) is 5.69. The first-order valence-electron chi connectivity index (χ1n) is 10.0. The highest BCUT2D eigenvalue weighted by atomic mass is 16.5. The van der Waals surface area contributed by atoms with Crippen LogP contribution in [0.2, 0.25) is 0 Å². The summed E-state index contributed by atoms with van der Waals surface area (Å²) in [4.78, 5) is 19.2. The number of hydrogen-bond donors (Lipinski definition) is 0. The Morgan fingerprint density at radius 1 is 1.11 bits per heavy atom. The molecular formula is C22H28N2O3. The second-order valence-electron chi connectivity index (χ2n) is 7.78. The van der Waals surface area contributed by atoms with Gasteiger partial charge in [-0.3, -0.25) is 9.78 Å². The molecule has 0 bridgehead atoms. The van der Waals surface area contributed by atoms with Gasteiger partial charge >= 0.3 is 0 Å². The summed E-state index contributed by atoms with van der Waals surface area (Å²) in [6.45, 7) is 4.43. The Hall–Kier alpha value is -1.98. The highest BCUT2D eigenvalue weighted by Gasteiger charge is 2.25. The zero-order valence-electron chi connectivity index (χ0n) is 15.8. The molecule has 0 saturated carbocycles. The molecule has 0 N–H and O–H groups in total. The van der Waals surface area contributed by atoms with Crippen LogP contribution in [0, 0.1) is 11.8 Å². The van der Waals surface area contributed by atoms with Crippen molar-refractivity contribution >= 4 is 16.8 Å². The molecule has 1 aromatic heterocycles. The maximum Gasteiger partial charge on any atom is 0.222 e. The number of benzene rings is 1. The Morgan fingerprint density at radius 3 is 2.89 bits per heavy atom. The van der Waals surface area contributed by atoms with Gasteiger partial charge in [0.05, 0.1) is 18.7 Å². The average Bonchev–Trinajstić information content (AvgIpc) is 2.94. The molecule has 2 fully saturated rings. The molecule has 1 amide bonds. The first-order chi connectivity index (χ1) is 13.3. The molecule has 27 heavy (non-hydrogen) atoms. The number of carbonyl (C=O) groups is 1. The summed E-state index contributed by atoms with van der Waals surface area (Å²) < 4.78 is 11.2. The lowest BCUT2D eigenvalue weighted by molar-refractivity contribution is -0.133. The number of rotatable bonds is 4. The van der Waals surface area contributed by atoms with Crippen LogP contribution in [-0.4, -0.2) is 55.3 Å². The van der Waals surface area contributed by atoms with Crippen molar-refractivity contribution in [2.24, 2.45) is 11.8 Å². The third-order valence-electron chi connectivity index (χ3n) is 5.69. The van der Waals surface area contributed by atoms with E-state index in [9.17, 15) is 4.79 Å². The largest absolute Gasteiger partial charge is 0.381 e. The summed E-state index contributed by atoms with van der Waals surface area (Å²) in [6, 6.07) is 10.5. The first-order valence-corrected chi connectivity index (χ1v) is 10.0. The quantitative estimate of drug-likeness (QED) is 0.832. The smallest absolute Gasteiger partial charge is 0.222 e. The fraction of sp³-hybridized carbons (Fsp3) is 0.545. The molecule has 0 aliphatic carbocycles. The molecule has 5 nitrogen and oxygen atoms in total. The predicted octanol–water partition coefficient (Wildman–Crippen LogP) is 3.07. The van der Waals surface area contributed by atoms with Gasteiger partial charge in [0, 0.05) is 50.2 Å². The molecule has 4 rings (SSSR count). The Balaban J connectivity index is 1.39. The summed E-state index contributed by atoms with van der Waals surface area (Å²) in [5.74, 6) is 1.09. The van der Waals surface area contributed by atoms with E-state index in [0.29, 0.717) is 38.0 Å². The monoisotopic (exact) mass is 368 g/mol.